The Morgan fingerprint density at radius 1 is 1.15 bits per heavy atom. The maximum absolute atomic E-state index is 12.6. The van der Waals surface area contributed by atoms with E-state index in [2.05, 4.69) is 10.2 Å². The number of hydrogen-bond donors (Lipinski definition) is 1. The Hall–Kier alpha value is -2.24. The first kappa shape index (κ1) is 18.5. The zero-order valence-electron chi connectivity index (χ0n) is 16.3. The molecule has 1 aromatic carbocycles. The number of piperazine rings is 1. The minimum absolute atomic E-state index is 0.0477. The van der Waals surface area contributed by atoms with Crippen molar-refractivity contribution in [1.29, 1.82) is 0 Å². The maximum atomic E-state index is 12.6. The summed E-state index contributed by atoms with van der Waals surface area (Å²) in [7, 11) is 1.84. The van der Waals surface area contributed by atoms with Crippen molar-refractivity contribution in [2.24, 2.45) is 0 Å². The van der Waals surface area contributed by atoms with Gasteiger partial charge in [0.05, 0.1) is 23.5 Å². The lowest BCUT2D eigenvalue weighted by Crippen LogP contribution is -2.56. The summed E-state index contributed by atoms with van der Waals surface area (Å²) in [5.74, 6) is 0.0477. The zero-order chi connectivity index (χ0) is 19.1. The Morgan fingerprint density at radius 3 is 2.27 bits per heavy atom. The van der Waals surface area contributed by atoms with Crippen LogP contribution in [-0.4, -0.2) is 54.6 Å². The molecule has 2 heterocycles. The predicted molar refractivity (Wildman–Crippen MR) is 103 cm³/mol. The van der Waals surface area contributed by atoms with Crippen LogP contribution in [0.25, 0.3) is 0 Å². The van der Waals surface area contributed by atoms with Gasteiger partial charge in [-0.2, -0.15) is 0 Å². The summed E-state index contributed by atoms with van der Waals surface area (Å²) in [5.41, 5.74) is 2.11. The van der Waals surface area contributed by atoms with Crippen molar-refractivity contribution in [1.82, 2.24) is 4.90 Å². The average molecular weight is 359 g/mol. The van der Waals surface area contributed by atoms with Crippen LogP contribution in [0, 0.1) is 0 Å². The number of rotatable bonds is 3. The van der Waals surface area contributed by atoms with Gasteiger partial charge in [0.15, 0.2) is 5.78 Å². The van der Waals surface area contributed by atoms with Crippen LogP contribution < -0.4 is 10.2 Å². The highest BCUT2D eigenvalue weighted by Gasteiger charge is 2.44. The summed E-state index contributed by atoms with van der Waals surface area (Å²) in [6.45, 7) is 8.79. The van der Waals surface area contributed by atoms with Crippen molar-refractivity contribution < 1.29 is 14.3 Å². The molecule has 1 N–H and O–H groups in total. The molecule has 6 nitrogen and oxygen atoms in total. The van der Waals surface area contributed by atoms with Crippen LogP contribution in [0.3, 0.4) is 0 Å². The number of benzene rings is 1. The van der Waals surface area contributed by atoms with Crippen LogP contribution in [0.15, 0.2) is 18.2 Å². The second-order valence-electron chi connectivity index (χ2n) is 8.18. The Morgan fingerprint density at radius 2 is 1.77 bits per heavy atom. The fourth-order valence-corrected chi connectivity index (χ4v) is 4.07. The van der Waals surface area contributed by atoms with E-state index in [1.807, 2.05) is 50.9 Å². The summed E-state index contributed by atoms with van der Waals surface area (Å²) in [5, 5.41) is 3.19. The largest absolute Gasteiger partial charge is 0.444 e. The fourth-order valence-electron chi connectivity index (χ4n) is 4.07. The molecule has 2 atom stereocenters. The molecule has 6 heteroatoms. The molecule has 0 saturated carbocycles. The van der Waals surface area contributed by atoms with E-state index < -0.39 is 5.60 Å². The lowest BCUT2D eigenvalue weighted by molar-refractivity contribution is 0.0123. The van der Waals surface area contributed by atoms with Crippen LogP contribution in [0.2, 0.25) is 0 Å². The summed E-state index contributed by atoms with van der Waals surface area (Å²) >= 11 is 0. The minimum Gasteiger partial charge on any atom is -0.444 e. The van der Waals surface area contributed by atoms with Crippen molar-refractivity contribution in [3.8, 4) is 0 Å². The number of carbonyl (C=O) groups is 2. The summed E-state index contributed by atoms with van der Waals surface area (Å²) in [6, 6.07) is 6.11. The van der Waals surface area contributed by atoms with Crippen LogP contribution >= 0.6 is 0 Å². The molecule has 0 spiro atoms. The molecule has 2 saturated heterocycles. The van der Waals surface area contributed by atoms with Gasteiger partial charge in [-0.3, -0.25) is 9.69 Å². The molecule has 1 aromatic rings. The van der Waals surface area contributed by atoms with Crippen LogP contribution in [-0.2, 0) is 4.74 Å². The van der Waals surface area contributed by atoms with Gasteiger partial charge < -0.3 is 15.0 Å². The van der Waals surface area contributed by atoms with Gasteiger partial charge in [-0.15, -0.1) is 0 Å². The zero-order valence-corrected chi connectivity index (χ0v) is 16.3. The minimum atomic E-state index is -0.483. The molecule has 2 aliphatic rings. The van der Waals surface area contributed by atoms with Gasteiger partial charge >= 0.3 is 6.09 Å². The number of ether oxygens (including phenoxy) is 1. The molecule has 0 radical (unpaired) electrons. The first-order chi connectivity index (χ1) is 12.2. The van der Waals surface area contributed by atoms with Crippen molar-refractivity contribution >= 4 is 23.3 Å². The molecule has 2 fully saturated rings. The Balaban J connectivity index is 1.83. The monoisotopic (exact) mass is 359 g/mol. The number of nitrogens with one attached hydrogen (secondary N) is 1. The van der Waals surface area contributed by atoms with Gasteiger partial charge in [-0.25, -0.2) is 4.79 Å². The van der Waals surface area contributed by atoms with Gasteiger partial charge in [-0.05, 0) is 52.7 Å². The molecule has 0 aromatic heterocycles. The molecular formula is C20H29N3O3. The van der Waals surface area contributed by atoms with E-state index in [0.29, 0.717) is 5.56 Å². The first-order valence-corrected chi connectivity index (χ1v) is 9.29. The van der Waals surface area contributed by atoms with Gasteiger partial charge in [0.25, 0.3) is 0 Å². The van der Waals surface area contributed by atoms with E-state index in [1.54, 1.807) is 6.92 Å². The van der Waals surface area contributed by atoms with Crippen molar-refractivity contribution in [2.75, 3.05) is 30.4 Å². The normalized spacial score (nSPS) is 22.3. The number of Topliss-reactive ketones (excluding diaryl/α,β-unsaturated/α-hetero) is 1. The van der Waals surface area contributed by atoms with Gasteiger partial charge in [0.1, 0.15) is 5.60 Å². The second-order valence-corrected chi connectivity index (χ2v) is 8.18. The molecule has 2 bridgehead atoms. The van der Waals surface area contributed by atoms with Crippen molar-refractivity contribution in [2.45, 2.75) is 58.2 Å². The molecule has 0 unspecified atom stereocenters. The summed E-state index contributed by atoms with van der Waals surface area (Å²) in [6.07, 6.45) is 1.76. The standard InChI is InChI=1S/C20H29N3O3/c1-13(24)16-7-6-8-17(18(16)21-5)22-11-14-9-10-15(12-22)23(14)19(25)26-20(2,3)4/h6-8,14-15,21H,9-12H2,1-5H3/t14-,15+. The maximum Gasteiger partial charge on any atom is 0.410 e. The third-order valence-corrected chi connectivity index (χ3v) is 5.10. The molecule has 26 heavy (non-hydrogen) atoms. The third-order valence-electron chi connectivity index (χ3n) is 5.10. The highest BCUT2D eigenvalue weighted by molar-refractivity contribution is 6.02. The number of ketones is 1. The molecule has 3 rings (SSSR count). The number of para-hydroxylation sites is 1. The van der Waals surface area contributed by atoms with E-state index in [9.17, 15) is 9.59 Å². The number of carbonyl (C=O) groups excluding carboxylic acids is 2. The molecule has 2 aliphatic heterocycles. The van der Waals surface area contributed by atoms with E-state index in [-0.39, 0.29) is 24.0 Å². The van der Waals surface area contributed by atoms with Crippen molar-refractivity contribution in [3.63, 3.8) is 0 Å². The predicted octanol–water partition coefficient (Wildman–Crippen LogP) is 3.52. The van der Waals surface area contributed by atoms with Gasteiger partial charge in [-0.1, -0.05) is 6.07 Å². The Bertz CT molecular complexity index is 697. The van der Waals surface area contributed by atoms with Crippen LogP contribution in [0.4, 0.5) is 16.2 Å². The number of amides is 1. The van der Waals surface area contributed by atoms with E-state index >= 15 is 0 Å². The van der Waals surface area contributed by atoms with Crippen LogP contribution in [0.5, 0.6) is 0 Å². The van der Waals surface area contributed by atoms with E-state index in [0.717, 1.165) is 37.3 Å². The third kappa shape index (κ3) is 3.50. The van der Waals surface area contributed by atoms with Gasteiger partial charge in [0.2, 0.25) is 0 Å². The quantitative estimate of drug-likeness (QED) is 0.837. The van der Waals surface area contributed by atoms with E-state index in [1.165, 1.54) is 0 Å². The average Bonchev–Trinajstić information content (AvgIpc) is 2.82. The smallest absolute Gasteiger partial charge is 0.410 e. The lowest BCUT2D eigenvalue weighted by Gasteiger charge is -2.42. The molecular weight excluding hydrogens is 330 g/mol. The highest BCUT2D eigenvalue weighted by atomic mass is 16.6. The Labute approximate surface area is 155 Å². The van der Waals surface area contributed by atoms with Gasteiger partial charge in [0, 0.05) is 25.7 Å². The first-order valence-electron chi connectivity index (χ1n) is 9.29. The van der Waals surface area contributed by atoms with Crippen molar-refractivity contribution in [3.05, 3.63) is 23.8 Å². The second kappa shape index (κ2) is 6.82. The van der Waals surface area contributed by atoms with Crippen LogP contribution in [0.1, 0.15) is 50.9 Å². The number of anilines is 2. The fraction of sp³-hybridized carbons (Fsp3) is 0.600. The summed E-state index contributed by atoms with van der Waals surface area (Å²) < 4.78 is 5.61. The SMILES string of the molecule is CNc1c(C(C)=O)cccc1N1C[C@H]2CC[C@@H](C1)N2C(=O)OC(C)(C)C. The molecule has 142 valence electrons. The topological polar surface area (TPSA) is 61.9 Å². The Kier molecular flexibility index (Phi) is 4.86. The lowest BCUT2D eigenvalue weighted by atomic mass is 10.1. The number of hydrogen-bond acceptors (Lipinski definition) is 5. The molecule has 0 aliphatic carbocycles. The number of nitrogens with zero attached hydrogens (tertiary/aromatic N) is 2. The highest BCUT2D eigenvalue weighted by Crippen LogP contribution is 2.37. The number of fused-ring (bicyclic) bond motifs is 2. The summed E-state index contributed by atoms with van der Waals surface area (Å²) in [4.78, 5) is 28.8. The molecule has 1 amide bonds. The van der Waals surface area contributed by atoms with E-state index in [4.69, 9.17) is 4.74 Å².